The van der Waals surface area contributed by atoms with Crippen molar-refractivity contribution < 1.29 is 4.42 Å². The molecule has 0 atom stereocenters. The van der Waals surface area contributed by atoms with Gasteiger partial charge in [-0.25, -0.2) is 0 Å². The van der Waals surface area contributed by atoms with E-state index >= 15 is 0 Å². The van der Waals surface area contributed by atoms with Gasteiger partial charge in [-0.1, -0.05) is 54.3 Å². The van der Waals surface area contributed by atoms with Gasteiger partial charge in [0.2, 0.25) is 0 Å². The number of hydrogen-bond donors (Lipinski definition) is 0. The Bertz CT molecular complexity index is 982. The summed E-state index contributed by atoms with van der Waals surface area (Å²) in [6.07, 6.45) is 0. The fraction of sp³-hybridized carbons (Fsp3) is 0. The van der Waals surface area contributed by atoms with Crippen molar-refractivity contribution in [2.45, 2.75) is 0 Å². The highest BCUT2D eigenvalue weighted by atomic mass is 16.3. The van der Waals surface area contributed by atoms with E-state index in [-0.39, 0.29) is 0 Å². The smallest absolute Gasteiger partial charge is 0.136 e. The molecule has 1 heterocycles. The SMILES string of the molecule is C(#Cc1cccc2oc3ccccc3c12)c1ccccc1. The number of furan rings is 1. The molecule has 3 aromatic carbocycles. The fourth-order valence-corrected chi connectivity index (χ4v) is 2.54. The summed E-state index contributed by atoms with van der Waals surface area (Å²) in [4.78, 5) is 0. The Kier molecular flexibility index (Phi) is 2.73. The van der Waals surface area contributed by atoms with Gasteiger partial charge in [-0.05, 0) is 30.3 Å². The molecule has 0 bridgehead atoms. The Labute approximate surface area is 122 Å². The van der Waals surface area contributed by atoms with E-state index in [0.717, 1.165) is 33.1 Å². The van der Waals surface area contributed by atoms with Crippen LogP contribution in [0.3, 0.4) is 0 Å². The van der Waals surface area contributed by atoms with E-state index in [9.17, 15) is 0 Å². The molecule has 0 amide bonds. The molecule has 0 radical (unpaired) electrons. The van der Waals surface area contributed by atoms with Crippen LogP contribution in [0.25, 0.3) is 21.9 Å². The van der Waals surface area contributed by atoms with Crippen LogP contribution in [0.1, 0.15) is 11.1 Å². The second-order valence-electron chi connectivity index (χ2n) is 4.89. The number of para-hydroxylation sites is 1. The van der Waals surface area contributed by atoms with Crippen molar-refractivity contribution in [3.8, 4) is 11.8 Å². The van der Waals surface area contributed by atoms with Crippen molar-refractivity contribution in [2.75, 3.05) is 0 Å². The monoisotopic (exact) mass is 268 g/mol. The molecule has 0 saturated carbocycles. The molecule has 4 rings (SSSR count). The third kappa shape index (κ3) is 2.07. The first-order valence-corrected chi connectivity index (χ1v) is 6.89. The lowest BCUT2D eigenvalue weighted by Gasteiger charge is -1.94. The van der Waals surface area contributed by atoms with Crippen LogP contribution in [0.2, 0.25) is 0 Å². The molecule has 0 fully saturated rings. The first kappa shape index (κ1) is 11.8. The molecule has 21 heavy (non-hydrogen) atoms. The van der Waals surface area contributed by atoms with Gasteiger partial charge in [0.1, 0.15) is 11.2 Å². The summed E-state index contributed by atoms with van der Waals surface area (Å²) < 4.78 is 5.88. The van der Waals surface area contributed by atoms with Crippen LogP contribution in [-0.2, 0) is 0 Å². The van der Waals surface area contributed by atoms with Crippen LogP contribution in [0, 0.1) is 11.8 Å². The minimum atomic E-state index is 0.885. The Hall–Kier alpha value is -2.98. The molecule has 0 spiro atoms. The average molecular weight is 268 g/mol. The second-order valence-corrected chi connectivity index (χ2v) is 4.89. The van der Waals surface area contributed by atoms with E-state index < -0.39 is 0 Å². The van der Waals surface area contributed by atoms with Crippen LogP contribution in [0.4, 0.5) is 0 Å². The zero-order valence-electron chi connectivity index (χ0n) is 11.3. The summed E-state index contributed by atoms with van der Waals surface area (Å²) in [7, 11) is 0. The van der Waals surface area contributed by atoms with Crippen molar-refractivity contribution in [1.29, 1.82) is 0 Å². The summed E-state index contributed by atoms with van der Waals surface area (Å²) in [6.45, 7) is 0. The third-order valence-corrected chi connectivity index (χ3v) is 3.52. The molecule has 4 aromatic rings. The minimum absolute atomic E-state index is 0.885. The van der Waals surface area contributed by atoms with E-state index in [0.29, 0.717) is 0 Å². The maximum atomic E-state index is 5.88. The van der Waals surface area contributed by atoms with Gasteiger partial charge in [-0.2, -0.15) is 0 Å². The minimum Gasteiger partial charge on any atom is -0.456 e. The van der Waals surface area contributed by atoms with Gasteiger partial charge in [-0.15, -0.1) is 0 Å². The largest absolute Gasteiger partial charge is 0.456 e. The zero-order valence-corrected chi connectivity index (χ0v) is 11.3. The fourth-order valence-electron chi connectivity index (χ4n) is 2.54. The molecule has 0 N–H and O–H groups in total. The summed E-state index contributed by atoms with van der Waals surface area (Å²) in [6, 6.07) is 24.1. The highest BCUT2D eigenvalue weighted by Crippen LogP contribution is 2.30. The van der Waals surface area contributed by atoms with Gasteiger partial charge < -0.3 is 4.42 Å². The standard InChI is InChI=1S/C20H12O/c1-2-7-15(8-3-1)13-14-16-9-6-12-19-20(16)17-10-4-5-11-18(17)21-19/h1-12H. The third-order valence-electron chi connectivity index (χ3n) is 3.52. The maximum Gasteiger partial charge on any atom is 0.136 e. The van der Waals surface area contributed by atoms with E-state index in [1.54, 1.807) is 0 Å². The van der Waals surface area contributed by atoms with Gasteiger partial charge in [0.25, 0.3) is 0 Å². The Morgan fingerprint density at radius 2 is 1.38 bits per heavy atom. The first-order valence-electron chi connectivity index (χ1n) is 6.89. The molecule has 0 unspecified atom stereocenters. The normalized spacial score (nSPS) is 10.5. The molecule has 1 heteroatoms. The number of fused-ring (bicyclic) bond motifs is 3. The molecule has 0 aliphatic heterocycles. The number of benzene rings is 3. The lowest BCUT2D eigenvalue weighted by molar-refractivity contribution is 0.669. The van der Waals surface area contributed by atoms with E-state index in [2.05, 4.69) is 17.9 Å². The summed E-state index contributed by atoms with van der Waals surface area (Å²) in [5.41, 5.74) is 3.81. The molecule has 1 nitrogen and oxygen atoms in total. The lowest BCUT2D eigenvalue weighted by atomic mass is 10.1. The highest BCUT2D eigenvalue weighted by molar-refractivity contribution is 6.07. The Morgan fingerprint density at radius 3 is 2.29 bits per heavy atom. The molecule has 1 aromatic heterocycles. The van der Waals surface area contributed by atoms with E-state index in [4.69, 9.17) is 4.42 Å². The van der Waals surface area contributed by atoms with E-state index in [1.165, 1.54) is 0 Å². The first-order chi connectivity index (χ1) is 10.4. The predicted octanol–water partition coefficient (Wildman–Crippen LogP) is 4.99. The molecular formula is C20H12O. The summed E-state index contributed by atoms with van der Waals surface area (Å²) in [5.74, 6) is 6.49. The Morgan fingerprint density at radius 1 is 0.619 bits per heavy atom. The quantitative estimate of drug-likeness (QED) is 0.410. The average Bonchev–Trinajstić information content (AvgIpc) is 2.93. The van der Waals surface area contributed by atoms with Gasteiger partial charge in [0.05, 0.1) is 0 Å². The van der Waals surface area contributed by atoms with Crippen LogP contribution in [-0.4, -0.2) is 0 Å². The van der Waals surface area contributed by atoms with Crippen molar-refractivity contribution in [3.63, 3.8) is 0 Å². The lowest BCUT2D eigenvalue weighted by Crippen LogP contribution is -1.77. The molecule has 0 aliphatic rings. The molecule has 0 aliphatic carbocycles. The predicted molar refractivity (Wildman–Crippen MR) is 86.1 cm³/mol. The van der Waals surface area contributed by atoms with Gasteiger partial charge in [0, 0.05) is 21.9 Å². The maximum absolute atomic E-state index is 5.88. The van der Waals surface area contributed by atoms with E-state index in [1.807, 2.05) is 66.7 Å². The van der Waals surface area contributed by atoms with Crippen molar-refractivity contribution >= 4 is 21.9 Å². The van der Waals surface area contributed by atoms with Crippen LogP contribution < -0.4 is 0 Å². The van der Waals surface area contributed by atoms with Crippen molar-refractivity contribution in [2.24, 2.45) is 0 Å². The topological polar surface area (TPSA) is 13.1 Å². The zero-order chi connectivity index (χ0) is 14.1. The molecular weight excluding hydrogens is 256 g/mol. The van der Waals surface area contributed by atoms with Crippen molar-refractivity contribution in [3.05, 3.63) is 83.9 Å². The molecule has 0 saturated heterocycles. The second kappa shape index (κ2) is 4.85. The highest BCUT2D eigenvalue weighted by Gasteiger charge is 2.08. The number of rotatable bonds is 0. The summed E-state index contributed by atoms with van der Waals surface area (Å²) in [5, 5.41) is 2.21. The van der Waals surface area contributed by atoms with Gasteiger partial charge in [0.15, 0.2) is 0 Å². The Balaban J connectivity index is 1.95. The molecule has 98 valence electrons. The van der Waals surface area contributed by atoms with Crippen LogP contribution in [0.15, 0.2) is 77.2 Å². The summed E-state index contributed by atoms with van der Waals surface area (Å²) >= 11 is 0. The van der Waals surface area contributed by atoms with Gasteiger partial charge >= 0.3 is 0 Å². The van der Waals surface area contributed by atoms with Crippen molar-refractivity contribution in [1.82, 2.24) is 0 Å². The number of hydrogen-bond acceptors (Lipinski definition) is 1. The van der Waals surface area contributed by atoms with Gasteiger partial charge in [-0.3, -0.25) is 0 Å². The van der Waals surface area contributed by atoms with Crippen LogP contribution in [0.5, 0.6) is 0 Å². The van der Waals surface area contributed by atoms with Crippen LogP contribution >= 0.6 is 0 Å².